The molecule has 1 aromatic carbocycles. The summed E-state index contributed by atoms with van der Waals surface area (Å²) in [6.07, 6.45) is 3.62. The van der Waals surface area contributed by atoms with Crippen molar-refractivity contribution in [3.8, 4) is 0 Å². The van der Waals surface area contributed by atoms with Gasteiger partial charge < -0.3 is 16.2 Å². The average molecular weight is 274 g/mol. The molecule has 0 saturated carbocycles. The van der Waals surface area contributed by atoms with Crippen molar-refractivity contribution in [1.29, 1.82) is 0 Å². The molecule has 20 heavy (non-hydrogen) atoms. The van der Waals surface area contributed by atoms with E-state index in [1.54, 1.807) is 23.0 Å². The van der Waals surface area contributed by atoms with Gasteiger partial charge in [-0.3, -0.25) is 9.48 Å². The van der Waals surface area contributed by atoms with Crippen LogP contribution < -0.4 is 11.1 Å². The fourth-order valence-electron chi connectivity index (χ4n) is 2.01. The van der Waals surface area contributed by atoms with Crippen LogP contribution in [-0.2, 0) is 13.1 Å². The van der Waals surface area contributed by atoms with Crippen molar-refractivity contribution in [3.05, 3.63) is 47.3 Å². The summed E-state index contributed by atoms with van der Waals surface area (Å²) in [5.74, 6) is -0.429. The van der Waals surface area contributed by atoms with Gasteiger partial charge >= 0.3 is 0 Å². The molecule has 1 aromatic heterocycles. The van der Waals surface area contributed by atoms with E-state index in [0.29, 0.717) is 18.7 Å². The molecule has 1 amide bonds. The molecule has 1 heterocycles. The number of anilines is 1. The van der Waals surface area contributed by atoms with Gasteiger partial charge in [-0.25, -0.2) is 0 Å². The first-order chi connectivity index (χ1) is 9.61. The number of nitrogens with one attached hydrogen (secondary N) is 1. The number of aromatic nitrogens is 2. The van der Waals surface area contributed by atoms with Crippen molar-refractivity contribution in [2.24, 2.45) is 5.73 Å². The quantitative estimate of drug-likeness (QED) is 0.729. The highest BCUT2D eigenvalue weighted by Gasteiger charge is 2.08. The fraction of sp³-hybridized carbons (Fsp3) is 0.286. The summed E-state index contributed by atoms with van der Waals surface area (Å²) in [7, 11) is 0. The minimum atomic E-state index is -0.429. The summed E-state index contributed by atoms with van der Waals surface area (Å²) < 4.78 is 1.68. The van der Waals surface area contributed by atoms with Crippen LogP contribution in [0.1, 0.15) is 21.5 Å². The van der Waals surface area contributed by atoms with E-state index in [1.165, 1.54) is 0 Å². The molecule has 0 aliphatic carbocycles. The van der Waals surface area contributed by atoms with Crippen LogP contribution in [0.3, 0.4) is 0 Å². The Balaban J connectivity index is 2.06. The highest BCUT2D eigenvalue weighted by atomic mass is 16.3. The van der Waals surface area contributed by atoms with E-state index in [9.17, 15) is 4.79 Å². The van der Waals surface area contributed by atoms with Gasteiger partial charge in [-0.15, -0.1) is 0 Å². The van der Waals surface area contributed by atoms with Gasteiger partial charge in [0.25, 0.3) is 0 Å². The molecule has 6 heteroatoms. The SMILES string of the molecule is Cc1c(NCc2cnn(CCO)c2)cccc1C(N)=O. The predicted octanol–water partition coefficient (Wildman–Crippen LogP) is 0.895. The molecule has 2 rings (SSSR count). The topological polar surface area (TPSA) is 93.2 Å². The minimum Gasteiger partial charge on any atom is -0.394 e. The first-order valence-corrected chi connectivity index (χ1v) is 6.37. The maximum Gasteiger partial charge on any atom is 0.249 e. The van der Waals surface area contributed by atoms with Crippen molar-refractivity contribution in [1.82, 2.24) is 9.78 Å². The maximum atomic E-state index is 11.3. The lowest BCUT2D eigenvalue weighted by atomic mass is 10.1. The minimum absolute atomic E-state index is 0.0638. The van der Waals surface area contributed by atoms with Crippen LogP contribution in [0.2, 0.25) is 0 Å². The molecule has 4 N–H and O–H groups in total. The molecule has 2 aromatic rings. The third-order valence-corrected chi connectivity index (χ3v) is 3.10. The van der Waals surface area contributed by atoms with E-state index >= 15 is 0 Å². The van der Waals surface area contributed by atoms with E-state index in [2.05, 4.69) is 10.4 Å². The smallest absolute Gasteiger partial charge is 0.249 e. The van der Waals surface area contributed by atoms with Gasteiger partial charge in [0.2, 0.25) is 5.91 Å². The number of amides is 1. The van der Waals surface area contributed by atoms with Gasteiger partial charge in [-0.05, 0) is 24.6 Å². The second kappa shape index (κ2) is 6.21. The summed E-state index contributed by atoms with van der Waals surface area (Å²) in [6, 6.07) is 5.41. The number of nitrogens with two attached hydrogens (primary N) is 1. The fourth-order valence-corrected chi connectivity index (χ4v) is 2.01. The Hall–Kier alpha value is -2.34. The van der Waals surface area contributed by atoms with Crippen molar-refractivity contribution < 1.29 is 9.90 Å². The normalized spacial score (nSPS) is 10.5. The predicted molar refractivity (Wildman–Crippen MR) is 76.3 cm³/mol. The number of carbonyl (C=O) groups is 1. The van der Waals surface area contributed by atoms with Gasteiger partial charge in [0.1, 0.15) is 0 Å². The van der Waals surface area contributed by atoms with E-state index in [1.807, 2.05) is 19.2 Å². The van der Waals surface area contributed by atoms with Crippen LogP contribution in [0.15, 0.2) is 30.6 Å². The van der Waals surface area contributed by atoms with Crippen LogP contribution in [0, 0.1) is 6.92 Å². The number of hydrogen-bond donors (Lipinski definition) is 3. The monoisotopic (exact) mass is 274 g/mol. The van der Waals surface area contributed by atoms with Crippen molar-refractivity contribution in [3.63, 3.8) is 0 Å². The molecular formula is C14H18N4O2. The van der Waals surface area contributed by atoms with Crippen molar-refractivity contribution in [2.75, 3.05) is 11.9 Å². The zero-order valence-electron chi connectivity index (χ0n) is 11.3. The highest BCUT2D eigenvalue weighted by molar-refractivity contribution is 5.95. The molecule has 0 fully saturated rings. The standard InChI is InChI=1S/C14H18N4O2/c1-10-12(14(15)20)3-2-4-13(10)16-7-11-8-17-18(9-11)5-6-19/h2-4,8-9,16,19H,5-7H2,1H3,(H2,15,20). The Labute approximate surface area is 117 Å². The first-order valence-electron chi connectivity index (χ1n) is 6.37. The molecular weight excluding hydrogens is 256 g/mol. The molecule has 0 saturated heterocycles. The van der Waals surface area contributed by atoms with E-state index < -0.39 is 5.91 Å². The number of hydrogen-bond acceptors (Lipinski definition) is 4. The molecule has 6 nitrogen and oxygen atoms in total. The molecule has 0 unspecified atom stereocenters. The Morgan fingerprint density at radius 3 is 3.00 bits per heavy atom. The zero-order valence-corrected chi connectivity index (χ0v) is 11.3. The number of aliphatic hydroxyl groups is 1. The van der Waals surface area contributed by atoms with Crippen LogP contribution in [0.5, 0.6) is 0 Å². The maximum absolute atomic E-state index is 11.3. The summed E-state index contributed by atoms with van der Waals surface area (Å²) in [6.45, 7) is 3.00. The molecule has 0 atom stereocenters. The lowest BCUT2D eigenvalue weighted by molar-refractivity contribution is 0.1000. The van der Waals surface area contributed by atoms with E-state index in [-0.39, 0.29) is 6.61 Å². The first kappa shape index (κ1) is 14.1. The molecule has 0 radical (unpaired) electrons. The van der Waals surface area contributed by atoms with Gasteiger partial charge in [0.05, 0.1) is 19.3 Å². The molecule has 106 valence electrons. The second-order valence-corrected chi connectivity index (χ2v) is 4.53. The Kier molecular flexibility index (Phi) is 4.37. The summed E-state index contributed by atoms with van der Waals surface area (Å²) in [4.78, 5) is 11.3. The van der Waals surface area contributed by atoms with Crippen LogP contribution in [-0.4, -0.2) is 27.4 Å². The van der Waals surface area contributed by atoms with Crippen LogP contribution in [0.25, 0.3) is 0 Å². The van der Waals surface area contributed by atoms with Crippen molar-refractivity contribution >= 4 is 11.6 Å². The third-order valence-electron chi connectivity index (χ3n) is 3.10. The summed E-state index contributed by atoms with van der Waals surface area (Å²) in [5.41, 5.74) is 8.55. The Morgan fingerprint density at radius 1 is 1.50 bits per heavy atom. The Bertz CT molecular complexity index is 607. The van der Waals surface area contributed by atoms with Gasteiger partial charge in [0.15, 0.2) is 0 Å². The van der Waals surface area contributed by atoms with Crippen LogP contribution in [0.4, 0.5) is 5.69 Å². The number of aliphatic hydroxyl groups excluding tert-OH is 1. The average Bonchev–Trinajstić information content (AvgIpc) is 2.85. The zero-order chi connectivity index (χ0) is 14.5. The van der Waals surface area contributed by atoms with Crippen LogP contribution >= 0.6 is 0 Å². The van der Waals surface area contributed by atoms with Gasteiger partial charge in [0, 0.05) is 29.6 Å². The van der Waals surface area contributed by atoms with Gasteiger partial charge in [-0.2, -0.15) is 5.10 Å². The number of rotatable bonds is 6. The van der Waals surface area contributed by atoms with E-state index in [4.69, 9.17) is 10.8 Å². The number of nitrogens with zero attached hydrogens (tertiary/aromatic N) is 2. The summed E-state index contributed by atoms with van der Waals surface area (Å²) in [5, 5.41) is 16.2. The third kappa shape index (κ3) is 3.16. The number of primary amides is 1. The molecule has 0 spiro atoms. The van der Waals surface area contributed by atoms with Crippen molar-refractivity contribution in [2.45, 2.75) is 20.0 Å². The molecule has 0 bridgehead atoms. The number of benzene rings is 1. The highest BCUT2D eigenvalue weighted by Crippen LogP contribution is 2.19. The van der Waals surface area contributed by atoms with Gasteiger partial charge in [-0.1, -0.05) is 6.07 Å². The van der Waals surface area contributed by atoms with E-state index in [0.717, 1.165) is 16.8 Å². The molecule has 0 aliphatic heterocycles. The number of carbonyl (C=O) groups excluding carboxylic acids is 1. The lowest BCUT2D eigenvalue weighted by Gasteiger charge is -2.10. The lowest BCUT2D eigenvalue weighted by Crippen LogP contribution is -2.13. The largest absolute Gasteiger partial charge is 0.394 e. The molecule has 0 aliphatic rings. The Morgan fingerprint density at radius 2 is 2.30 bits per heavy atom. The summed E-state index contributed by atoms with van der Waals surface area (Å²) >= 11 is 0. The second-order valence-electron chi connectivity index (χ2n) is 4.53.